The molecule has 1 aliphatic heterocycles. The lowest BCUT2D eigenvalue weighted by Gasteiger charge is -2.16. The summed E-state index contributed by atoms with van der Waals surface area (Å²) in [5.41, 5.74) is 0.947. The molecule has 0 aromatic heterocycles. The molecule has 0 spiro atoms. The lowest BCUT2D eigenvalue weighted by atomic mass is 10.1. The average Bonchev–Trinajstić information content (AvgIpc) is 2.99. The second-order valence-corrected chi connectivity index (χ2v) is 5.23. The van der Waals surface area contributed by atoms with Crippen LogP contribution in [0.4, 0.5) is 5.69 Å². The summed E-state index contributed by atoms with van der Waals surface area (Å²) < 4.78 is 5.83. The van der Waals surface area contributed by atoms with E-state index in [2.05, 4.69) is 10.2 Å². The van der Waals surface area contributed by atoms with Crippen LogP contribution >= 0.6 is 0 Å². The third kappa shape index (κ3) is 4.68. The first kappa shape index (κ1) is 15.7. The summed E-state index contributed by atoms with van der Waals surface area (Å²) >= 11 is 0. The maximum Gasteiger partial charge on any atom is 0.270 e. The van der Waals surface area contributed by atoms with Crippen LogP contribution in [0.3, 0.4) is 0 Å². The molecule has 1 aliphatic rings. The minimum Gasteiger partial charge on any atom is -0.492 e. The van der Waals surface area contributed by atoms with E-state index in [1.54, 1.807) is 12.1 Å². The van der Waals surface area contributed by atoms with Crippen molar-refractivity contribution in [2.24, 2.45) is 0 Å². The van der Waals surface area contributed by atoms with Crippen molar-refractivity contribution in [2.75, 3.05) is 32.8 Å². The summed E-state index contributed by atoms with van der Waals surface area (Å²) in [5, 5.41) is 14.1. The van der Waals surface area contributed by atoms with Gasteiger partial charge >= 0.3 is 0 Å². The van der Waals surface area contributed by atoms with Crippen LogP contribution < -0.4 is 10.1 Å². The van der Waals surface area contributed by atoms with Crippen molar-refractivity contribution in [3.63, 3.8) is 0 Å². The number of hydrogen-bond acceptors (Lipinski definition) is 5. The van der Waals surface area contributed by atoms with Crippen LogP contribution in [-0.4, -0.2) is 42.6 Å². The predicted octanol–water partition coefficient (Wildman–Crippen LogP) is 2.18. The first-order valence-electron chi connectivity index (χ1n) is 7.54. The summed E-state index contributed by atoms with van der Waals surface area (Å²) in [5.74, 6) is 0.737. The van der Waals surface area contributed by atoms with Crippen molar-refractivity contribution in [1.82, 2.24) is 10.2 Å². The van der Waals surface area contributed by atoms with E-state index in [4.69, 9.17) is 4.74 Å². The molecule has 6 nitrogen and oxygen atoms in total. The smallest absolute Gasteiger partial charge is 0.270 e. The van der Waals surface area contributed by atoms with E-state index in [1.165, 1.54) is 18.9 Å². The van der Waals surface area contributed by atoms with Gasteiger partial charge in [0.2, 0.25) is 0 Å². The molecular formula is C15H23N3O3. The highest BCUT2D eigenvalue weighted by atomic mass is 16.6. The van der Waals surface area contributed by atoms with Gasteiger partial charge in [0.1, 0.15) is 12.4 Å². The van der Waals surface area contributed by atoms with Gasteiger partial charge in [-0.2, -0.15) is 0 Å². The molecule has 0 aliphatic carbocycles. The Hall–Kier alpha value is -1.66. The van der Waals surface area contributed by atoms with Crippen LogP contribution in [0.15, 0.2) is 18.2 Å². The SMILES string of the molecule is CCNCc1cc([N+](=O)[O-])ccc1OCCN1CCCC1. The monoisotopic (exact) mass is 293 g/mol. The Bertz CT molecular complexity index is 473. The molecule has 21 heavy (non-hydrogen) atoms. The second-order valence-electron chi connectivity index (χ2n) is 5.23. The fourth-order valence-corrected chi connectivity index (χ4v) is 2.51. The number of non-ortho nitro benzene ring substituents is 1. The average molecular weight is 293 g/mol. The van der Waals surface area contributed by atoms with Gasteiger partial charge in [-0.05, 0) is 38.5 Å². The molecule has 6 heteroatoms. The Morgan fingerprint density at radius 1 is 1.38 bits per heavy atom. The molecule has 0 atom stereocenters. The largest absolute Gasteiger partial charge is 0.492 e. The zero-order valence-corrected chi connectivity index (χ0v) is 12.5. The minimum atomic E-state index is -0.372. The Labute approximate surface area is 125 Å². The maximum absolute atomic E-state index is 10.9. The van der Waals surface area contributed by atoms with E-state index in [0.717, 1.165) is 37.5 Å². The Morgan fingerprint density at radius 3 is 2.81 bits per heavy atom. The number of nitrogens with one attached hydrogen (secondary N) is 1. The normalized spacial score (nSPS) is 15.3. The van der Waals surface area contributed by atoms with Crippen LogP contribution in [-0.2, 0) is 6.54 Å². The molecule has 1 saturated heterocycles. The first-order valence-corrected chi connectivity index (χ1v) is 7.54. The van der Waals surface area contributed by atoms with Crippen LogP contribution in [0.25, 0.3) is 0 Å². The molecule has 1 aromatic rings. The fourth-order valence-electron chi connectivity index (χ4n) is 2.51. The minimum absolute atomic E-state index is 0.106. The van der Waals surface area contributed by atoms with Crippen molar-refractivity contribution in [3.8, 4) is 5.75 Å². The summed E-state index contributed by atoms with van der Waals surface area (Å²) in [6.07, 6.45) is 2.53. The molecule has 1 N–H and O–H groups in total. The van der Waals surface area contributed by atoms with Gasteiger partial charge in [-0.15, -0.1) is 0 Å². The summed E-state index contributed by atoms with van der Waals surface area (Å²) in [6, 6.07) is 4.79. The standard InChI is InChI=1S/C15H23N3O3/c1-2-16-12-13-11-14(18(19)20)5-6-15(13)21-10-9-17-7-3-4-8-17/h5-6,11,16H,2-4,7-10,12H2,1H3. The number of hydrogen-bond donors (Lipinski definition) is 1. The number of nitro groups is 1. The predicted molar refractivity (Wildman–Crippen MR) is 81.6 cm³/mol. The van der Waals surface area contributed by atoms with E-state index >= 15 is 0 Å². The zero-order chi connectivity index (χ0) is 15.1. The van der Waals surface area contributed by atoms with Crippen molar-refractivity contribution >= 4 is 5.69 Å². The van der Waals surface area contributed by atoms with Gasteiger partial charge in [0.05, 0.1) is 4.92 Å². The summed E-state index contributed by atoms with van der Waals surface area (Å²) in [7, 11) is 0. The maximum atomic E-state index is 10.9. The van der Waals surface area contributed by atoms with E-state index in [-0.39, 0.29) is 10.6 Å². The summed E-state index contributed by atoms with van der Waals surface area (Å²) in [4.78, 5) is 12.9. The fraction of sp³-hybridized carbons (Fsp3) is 0.600. The van der Waals surface area contributed by atoms with Gasteiger partial charge in [0, 0.05) is 30.8 Å². The number of likely N-dealkylation sites (tertiary alicyclic amines) is 1. The molecule has 1 aromatic carbocycles. The van der Waals surface area contributed by atoms with Gasteiger partial charge in [0.25, 0.3) is 5.69 Å². The molecular weight excluding hydrogens is 270 g/mol. The van der Waals surface area contributed by atoms with Crippen molar-refractivity contribution in [2.45, 2.75) is 26.3 Å². The Balaban J connectivity index is 1.96. The highest BCUT2D eigenvalue weighted by Gasteiger charge is 2.13. The number of benzene rings is 1. The van der Waals surface area contributed by atoms with Gasteiger partial charge in [-0.3, -0.25) is 15.0 Å². The van der Waals surface area contributed by atoms with Crippen molar-refractivity contribution < 1.29 is 9.66 Å². The Morgan fingerprint density at radius 2 is 2.14 bits per heavy atom. The van der Waals surface area contributed by atoms with Gasteiger partial charge < -0.3 is 10.1 Å². The molecule has 0 saturated carbocycles. The van der Waals surface area contributed by atoms with Crippen LogP contribution in [0, 0.1) is 10.1 Å². The molecule has 116 valence electrons. The van der Waals surface area contributed by atoms with E-state index < -0.39 is 0 Å². The van der Waals surface area contributed by atoms with Gasteiger partial charge in [-0.25, -0.2) is 0 Å². The van der Waals surface area contributed by atoms with E-state index in [0.29, 0.717) is 13.2 Å². The molecule has 0 unspecified atom stereocenters. The lowest BCUT2D eigenvalue weighted by molar-refractivity contribution is -0.384. The van der Waals surface area contributed by atoms with Gasteiger partial charge in [0.15, 0.2) is 0 Å². The molecule has 2 rings (SSSR count). The number of nitrogens with zero attached hydrogens (tertiary/aromatic N) is 2. The van der Waals surface area contributed by atoms with Crippen LogP contribution in [0.2, 0.25) is 0 Å². The first-order chi connectivity index (χ1) is 10.2. The Kier molecular flexibility index (Phi) is 5.95. The van der Waals surface area contributed by atoms with Gasteiger partial charge in [-0.1, -0.05) is 6.92 Å². The third-order valence-electron chi connectivity index (χ3n) is 3.68. The van der Waals surface area contributed by atoms with E-state index in [1.807, 2.05) is 6.92 Å². The third-order valence-corrected chi connectivity index (χ3v) is 3.68. The highest BCUT2D eigenvalue weighted by Crippen LogP contribution is 2.24. The van der Waals surface area contributed by atoms with E-state index in [9.17, 15) is 10.1 Å². The van der Waals surface area contributed by atoms with Crippen LogP contribution in [0.5, 0.6) is 5.75 Å². The zero-order valence-electron chi connectivity index (χ0n) is 12.5. The number of rotatable bonds is 8. The molecule has 0 radical (unpaired) electrons. The topological polar surface area (TPSA) is 67.6 Å². The number of ether oxygens (including phenoxy) is 1. The second kappa shape index (κ2) is 7.95. The highest BCUT2D eigenvalue weighted by molar-refractivity contribution is 5.43. The molecule has 1 heterocycles. The van der Waals surface area contributed by atoms with Crippen molar-refractivity contribution in [3.05, 3.63) is 33.9 Å². The van der Waals surface area contributed by atoms with Crippen molar-refractivity contribution in [1.29, 1.82) is 0 Å². The lowest BCUT2D eigenvalue weighted by Crippen LogP contribution is -2.25. The van der Waals surface area contributed by atoms with Crippen LogP contribution in [0.1, 0.15) is 25.3 Å². The summed E-state index contributed by atoms with van der Waals surface area (Å²) in [6.45, 7) is 7.23. The molecule has 0 bridgehead atoms. The molecule has 1 fully saturated rings. The quantitative estimate of drug-likeness (QED) is 0.588. The number of nitro benzene ring substituents is 1. The molecule has 0 amide bonds.